The molecule has 152 valence electrons. The smallest absolute Gasteiger partial charge is 0.337 e. The molecule has 0 bridgehead atoms. The molecule has 0 fully saturated rings. The third kappa shape index (κ3) is 3.24. The number of aryl methyl sites for hydroxylation is 2. The molecule has 2 aromatic carbocycles. The van der Waals surface area contributed by atoms with Crippen molar-refractivity contribution in [3.05, 3.63) is 64.1 Å². The highest BCUT2D eigenvalue weighted by atomic mass is 16.4. The van der Waals surface area contributed by atoms with Gasteiger partial charge in [0.2, 0.25) is 5.91 Å². The number of fused-ring (bicyclic) bond motifs is 3. The average molecular weight is 407 g/mol. The molecule has 2 aromatic heterocycles. The predicted octanol–water partition coefficient (Wildman–Crippen LogP) is 1.56. The van der Waals surface area contributed by atoms with Gasteiger partial charge in [-0.1, -0.05) is 17.3 Å². The van der Waals surface area contributed by atoms with Gasteiger partial charge in [-0.25, -0.2) is 9.31 Å². The van der Waals surface area contributed by atoms with Crippen LogP contribution in [0, 0.1) is 0 Å². The van der Waals surface area contributed by atoms with E-state index in [0.29, 0.717) is 16.7 Å². The van der Waals surface area contributed by atoms with Crippen LogP contribution in [-0.2, 0) is 18.3 Å². The second kappa shape index (κ2) is 7.32. The molecule has 10 heteroatoms. The zero-order valence-corrected chi connectivity index (χ0v) is 15.9. The Hall–Kier alpha value is -4.21. The first kappa shape index (κ1) is 19.1. The van der Waals surface area contributed by atoms with E-state index >= 15 is 0 Å². The van der Waals surface area contributed by atoms with E-state index in [1.54, 1.807) is 25.2 Å². The van der Waals surface area contributed by atoms with Crippen LogP contribution in [0.3, 0.4) is 0 Å². The first-order valence-corrected chi connectivity index (χ1v) is 9.05. The largest absolute Gasteiger partial charge is 0.508 e. The molecule has 30 heavy (non-hydrogen) atoms. The van der Waals surface area contributed by atoms with Crippen molar-refractivity contribution in [3.63, 3.8) is 0 Å². The number of carboxylic acid groups (broad SMARTS) is 1. The number of nitrogens with one attached hydrogen (secondary N) is 1. The van der Waals surface area contributed by atoms with Gasteiger partial charge in [-0.3, -0.25) is 9.59 Å². The van der Waals surface area contributed by atoms with Crippen molar-refractivity contribution >= 4 is 34.1 Å². The van der Waals surface area contributed by atoms with Crippen molar-refractivity contribution in [1.29, 1.82) is 0 Å². The van der Waals surface area contributed by atoms with Gasteiger partial charge in [-0.05, 0) is 24.3 Å². The maximum atomic E-state index is 12.8. The lowest BCUT2D eigenvalue weighted by Gasteiger charge is -2.08. The zero-order chi connectivity index (χ0) is 21.4. The Bertz CT molecular complexity index is 1370. The number of amides is 1. The summed E-state index contributed by atoms with van der Waals surface area (Å²) in [5, 5.41) is 29.6. The molecule has 4 rings (SSSR count). The van der Waals surface area contributed by atoms with Gasteiger partial charge in [-0.2, -0.15) is 0 Å². The summed E-state index contributed by atoms with van der Waals surface area (Å²) in [7, 11) is 1.58. The van der Waals surface area contributed by atoms with E-state index < -0.39 is 11.9 Å². The van der Waals surface area contributed by atoms with Gasteiger partial charge in [-0.15, -0.1) is 5.10 Å². The van der Waals surface area contributed by atoms with Crippen molar-refractivity contribution in [2.45, 2.75) is 12.8 Å². The van der Waals surface area contributed by atoms with Crippen LogP contribution in [0.25, 0.3) is 16.6 Å². The number of rotatable bonds is 5. The van der Waals surface area contributed by atoms with Crippen molar-refractivity contribution in [1.82, 2.24) is 19.4 Å². The average Bonchev–Trinajstić information content (AvgIpc) is 3.15. The molecule has 0 aliphatic carbocycles. The van der Waals surface area contributed by atoms with Gasteiger partial charge in [0.1, 0.15) is 5.75 Å². The Morgan fingerprint density at radius 1 is 1.13 bits per heavy atom. The molecule has 0 atom stereocenters. The third-order valence-corrected chi connectivity index (χ3v) is 4.82. The minimum absolute atomic E-state index is 0.0106. The van der Waals surface area contributed by atoms with Crippen LogP contribution in [0.4, 0.5) is 5.69 Å². The Labute approximate surface area is 169 Å². The quantitative estimate of drug-likeness (QED) is 0.456. The number of para-hydroxylation sites is 1. The van der Waals surface area contributed by atoms with Crippen LogP contribution >= 0.6 is 0 Å². The highest BCUT2D eigenvalue weighted by Gasteiger charge is 2.18. The maximum absolute atomic E-state index is 12.8. The molecule has 4 aromatic rings. The topological polar surface area (TPSA) is 139 Å². The van der Waals surface area contributed by atoms with Gasteiger partial charge in [0.25, 0.3) is 5.56 Å². The first-order valence-electron chi connectivity index (χ1n) is 9.05. The number of benzene rings is 2. The SMILES string of the molecule is Cn1c(=O)c2c(CCC(=O)Nc3ccccc3C(=O)O)nnn2c2ccc(O)cc21. The normalized spacial score (nSPS) is 11.1. The van der Waals surface area contributed by atoms with Crippen LogP contribution in [0.1, 0.15) is 22.5 Å². The first-order chi connectivity index (χ1) is 14.4. The molecule has 1 amide bonds. The van der Waals surface area contributed by atoms with E-state index in [2.05, 4.69) is 15.6 Å². The van der Waals surface area contributed by atoms with Crippen molar-refractivity contribution in [2.75, 3.05) is 5.32 Å². The van der Waals surface area contributed by atoms with Crippen LogP contribution in [0.15, 0.2) is 47.3 Å². The maximum Gasteiger partial charge on any atom is 0.337 e. The Morgan fingerprint density at radius 3 is 2.67 bits per heavy atom. The van der Waals surface area contributed by atoms with Gasteiger partial charge >= 0.3 is 5.97 Å². The second-order valence-corrected chi connectivity index (χ2v) is 6.73. The van der Waals surface area contributed by atoms with Crippen LogP contribution in [0.5, 0.6) is 5.75 Å². The van der Waals surface area contributed by atoms with Gasteiger partial charge < -0.3 is 20.1 Å². The number of aromatic carboxylic acids is 1. The summed E-state index contributed by atoms with van der Waals surface area (Å²) in [6, 6.07) is 10.7. The number of carbonyl (C=O) groups excluding carboxylic acids is 1. The number of nitrogens with zero attached hydrogens (tertiary/aromatic N) is 4. The molecule has 0 saturated carbocycles. The number of carbonyl (C=O) groups is 2. The van der Waals surface area contributed by atoms with Crippen molar-refractivity contribution in [3.8, 4) is 5.75 Å². The number of phenolic OH excluding ortho intramolecular Hbond substituents is 1. The highest BCUT2D eigenvalue weighted by Crippen LogP contribution is 2.20. The Balaban J connectivity index is 1.62. The lowest BCUT2D eigenvalue weighted by Crippen LogP contribution is -2.21. The molecule has 0 aliphatic rings. The monoisotopic (exact) mass is 407 g/mol. The Kier molecular flexibility index (Phi) is 4.66. The van der Waals surface area contributed by atoms with E-state index in [9.17, 15) is 24.6 Å². The highest BCUT2D eigenvalue weighted by molar-refractivity contribution is 6.00. The van der Waals surface area contributed by atoms with E-state index in [4.69, 9.17) is 0 Å². The second-order valence-electron chi connectivity index (χ2n) is 6.73. The molecular formula is C20H17N5O5. The van der Waals surface area contributed by atoms with Gasteiger partial charge in [0, 0.05) is 26.0 Å². The number of hydrogen-bond acceptors (Lipinski definition) is 6. The molecule has 0 aliphatic heterocycles. The summed E-state index contributed by atoms with van der Waals surface area (Å²) < 4.78 is 2.78. The zero-order valence-electron chi connectivity index (χ0n) is 15.9. The third-order valence-electron chi connectivity index (χ3n) is 4.82. The molecule has 0 radical (unpaired) electrons. The fourth-order valence-electron chi connectivity index (χ4n) is 3.32. The van der Waals surface area contributed by atoms with Crippen molar-refractivity contribution in [2.24, 2.45) is 7.05 Å². The fraction of sp³-hybridized carbons (Fsp3) is 0.150. The number of aromatic hydroxyl groups is 1. The summed E-state index contributed by atoms with van der Waals surface area (Å²) in [5.74, 6) is -1.53. The van der Waals surface area contributed by atoms with Gasteiger partial charge in [0.05, 0.1) is 28.0 Å². The lowest BCUT2D eigenvalue weighted by molar-refractivity contribution is -0.116. The minimum atomic E-state index is -1.14. The number of anilines is 1. The summed E-state index contributed by atoms with van der Waals surface area (Å²) in [6.07, 6.45) is 0.127. The fourth-order valence-corrected chi connectivity index (χ4v) is 3.32. The molecule has 0 saturated heterocycles. The number of hydrogen-bond donors (Lipinski definition) is 3. The van der Waals surface area contributed by atoms with Crippen LogP contribution < -0.4 is 10.9 Å². The molecule has 0 spiro atoms. The lowest BCUT2D eigenvalue weighted by atomic mass is 10.1. The Morgan fingerprint density at radius 2 is 1.90 bits per heavy atom. The predicted molar refractivity (Wildman–Crippen MR) is 108 cm³/mol. The summed E-state index contributed by atoms with van der Waals surface area (Å²) >= 11 is 0. The van der Waals surface area contributed by atoms with E-state index in [0.717, 1.165) is 0 Å². The number of carboxylic acids is 1. The van der Waals surface area contributed by atoms with Gasteiger partial charge in [0.15, 0.2) is 5.52 Å². The minimum Gasteiger partial charge on any atom is -0.508 e. The van der Waals surface area contributed by atoms with E-state index in [1.807, 2.05) is 0 Å². The molecule has 3 N–H and O–H groups in total. The van der Waals surface area contributed by atoms with Crippen LogP contribution in [-0.4, -0.2) is 41.5 Å². The molecule has 0 unspecified atom stereocenters. The molecule has 2 heterocycles. The number of aromatic nitrogens is 4. The summed E-state index contributed by atoms with van der Waals surface area (Å²) in [4.78, 5) is 36.4. The van der Waals surface area contributed by atoms with Crippen molar-refractivity contribution < 1.29 is 19.8 Å². The molecular weight excluding hydrogens is 390 g/mol. The summed E-state index contributed by atoms with van der Waals surface area (Å²) in [5.41, 5.74) is 1.51. The van der Waals surface area contributed by atoms with E-state index in [1.165, 1.54) is 33.3 Å². The van der Waals surface area contributed by atoms with Crippen LogP contribution in [0.2, 0.25) is 0 Å². The standard InChI is InChI=1S/C20H17N5O5/c1-24-16-10-11(26)6-8-15(16)25-18(19(24)28)14(22-23-25)7-9-17(27)21-13-5-3-2-4-12(13)20(29)30/h2-6,8,10,26H,7,9H2,1H3,(H,21,27)(H,29,30). The summed E-state index contributed by atoms with van der Waals surface area (Å²) in [6.45, 7) is 0. The molecule has 10 nitrogen and oxygen atoms in total. The van der Waals surface area contributed by atoms with E-state index in [-0.39, 0.29) is 40.9 Å². The number of phenols is 1.